The predicted molar refractivity (Wildman–Crippen MR) is 74.1 cm³/mol. The molecule has 0 aromatic heterocycles. The van der Waals surface area contributed by atoms with Crippen molar-refractivity contribution >= 4 is 34.8 Å². The molecule has 0 saturated heterocycles. The number of phenols is 2. The molecule has 0 unspecified atom stereocenters. The molecule has 2 aromatic rings. The number of aromatic hydroxyl groups is 2. The lowest BCUT2D eigenvalue weighted by molar-refractivity contribution is 0.102. The standard InChI is InChI=1S/C13H8Cl2FNO3/c14-9-3-6(4-10(15)12(9)16)17-13(20)8-5-7(18)1-2-11(8)19/h1-5,18-19H,(H,17,20). The van der Waals surface area contributed by atoms with E-state index in [2.05, 4.69) is 5.32 Å². The van der Waals surface area contributed by atoms with Crippen LogP contribution in [-0.4, -0.2) is 16.1 Å². The maximum Gasteiger partial charge on any atom is 0.259 e. The van der Waals surface area contributed by atoms with Crippen LogP contribution < -0.4 is 5.32 Å². The van der Waals surface area contributed by atoms with Gasteiger partial charge in [-0.2, -0.15) is 0 Å². The lowest BCUT2D eigenvalue weighted by atomic mass is 10.1. The second kappa shape index (κ2) is 5.56. The Bertz CT molecular complexity index is 668. The van der Waals surface area contributed by atoms with Gasteiger partial charge in [0, 0.05) is 5.69 Å². The first-order chi connectivity index (χ1) is 9.38. The minimum absolute atomic E-state index is 0.137. The number of benzene rings is 2. The third-order valence-electron chi connectivity index (χ3n) is 2.47. The Hall–Kier alpha value is -1.98. The van der Waals surface area contributed by atoms with Crippen LogP contribution in [0.4, 0.5) is 10.1 Å². The second-order valence-electron chi connectivity index (χ2n) is 3.91. The first-order valence-electron chi connectivity index (χ1n) is 5.36. The Morgan fingerprint density at radius 3 is 2.30 bits per heavy atom. The number of halogens is 3. The molecule has 0 aliphatic heterocycles. The molecular weight excluding hydrogens is 308 g/mol. The number of hydrogen-bond donors (Lipinski definition) is 3. The first kappa shape index (κ1) is 14.4. The summed E-state index contributed by atoms with van der Waals surface area (Å²) in [7, 11) is 0. The van der Waals surface area contributed by atoms with Crippen molar-refractivity contribution in [3.05, 3.63) is 51.8 Å². The SMILES string of the molecule is O=C(Nc1cc(Cl)c(F)c(Cl)c1)c1cc(O)ccc1O. The molecule has 2 rings (SSSR count). The van der Waals surface area contributed by atoms with Crippen molar-refractivity contribution in [3.8, 4) is 11.5 Å². The molecule has 0 bridgehead atoms. The van der Waals surface area contributed by atoms with Gasteiger partial charge in [0.2, 0.25) is 0 Å². The predicted octanol–water partition coefficient (Wildman–Crippen LogP) is 3.80. The van der Waals surface area contributed by atoms with Crippen LogP contribution in [0, 0.1) is 5.82 Å². The van der Waals surface area contributed by atoms with Gasteiger partial charge in [-0.1, -0.05) is 23.2 Å². The minimum atomic E-state index is -0.786. The fourth-order valence-electron chi connectivity index (χ4n) is 1.53. The Balaban J connectivity index is 2.30. The Labute approximate surface area is 123 Å². The number of nitrogens with one attached hydrogen (secondary N) is 1. The van der Waals surface area contributed by atoms with Crippen LogP contribution in [0.5, 0.6) is 11.5 Å². The van der Waals surface area contributed by atoms with Gasteiger partial charge in [0.1, 0.15) is 11.5 Å². The number of amides is 1. The molecule has 1 amide bonds. The summed E-state index contributed by atoms with van der Waals surface area (Å²) >= 11 is 11.2. The summed E-state index contributed by atoms with van der Waals surface area (Å²) in [5.41, 5.74) is 0.0238. The maximum atomic E-state index is 13.2. The third-order valence-corrected chi connectivity index (χ3v) is 3.02. The minimum Gasteiger partial charge on any atom is -0.508 e. The van der Waals surface area contributed by atoms with E-state index < -0.39 is 11.7 Å². The molecular formula is C13H8Cl2FNO3. The largest absolute Gasteiger partial charge is 0.508 e. The van der Waals surface area contributed by atoms with Crippen LogP contribution in [0.25, 0.3) is 0 Å². The normalized spacial score (nSPS) is 10.3. The lowest BCUT2D eigenvalue weighted by Gasteiger charge is -2.08. The number of carbonyl (C=O) groups excluding carboxylic acids is 1. The summed E-state index contributed by atoms with van der Waals surface area (Å²) in [6, 6.07) is 5.87. The van der Waals surface area contributed by atoms with E-state index in [1.807, 2.05) is 0 Å². The van der Waals surface area contributed by atoms with Crippen LogP contribution in [0.2, 0.25) is 10.0 Å². The second-order valence-corrected chi connectivity index (χ2v) is 4.72. The van der Waals surface area contributed by atoms with Gasteiger partial charge in [-0.25, -0.2) is 4.39 Å². The summed E-state index contributed by atoms with van der Waals surface area (Å²) in [6.07, 6.45) is 0. The molecule has 7 heteroatoms. The number of rotatable bonds is 2. The van der Waals surface area contributed by atoms with E-state index in [1.165, 1.54) is 24.3 Å². The summed E-state index contributed by atoms with van der Waals surface area (Å²) in [4.78, 5) is 11.9. The summed E-state index contributed by atoms with van der Waals surface area (Å²) in [6.45, 7) is 0. The van der Waals surface area contributed by atoms with E-state index in [4.69, 9.17) is 23.2 Å². The van der Waals surface area contributed by atoms with E-state index in [1.54, 1.807) is 0 Å². The summed E-state index contributed by atoms with van der Waals surface area (Å²) < 4.78 is 13.2. The summed E-state index contributed by atoms with van der Waals surface area (Å²) in [5, 5.41) is 20.8. The third kappa shape index (κ3) is 2.95. The average Bonchev–Trinajstić information content (AvgIpc) is 2.38. The fraction of sp³-hybridized carbons (Fsp3) is 0. The highest BCUT2D eigenvalue weighted by Gasteiger charge is 2.14. The molecule has 0 atom stereocenters. The average molecular weight is 316 g/mol. The van der Waals surface area contributed by atoms with Gasteiger partial charge >= 0.3 is 0 Å². The first-order valence-corrected chi connectivity index (χ1v) is 6.12. The zero-order valence-electron chi connectivity index (χ0n) is 9.82. The molecule has 0 radical (unpaired) electrons. The molecule has 0 saturated carbocycles. The van der Waals surface area contributed by atoms with Crippen LogP contribution in [-0.2, 0) is 0 Å². The van der Waals surface area contributed by atoms with Crippen LogP contribution in [0.15, 0.2) is 30.3 Å². The highest BCUT2D eigenvalue weighted by molar-refractivity contribution is 6.35. The van der Waals surface area contributed by atoms with E-state index in [-0.39, 0.29) is 32.8 Å². The molecule has 0 fully saturated rings. The molecule has 3 N–H and O–H groups in total. The number of hydrogen-bond acceptors (Lipinski definition) is 3. The number of carbonyl (C=O) groups is 1. The highest BCUT2D eigenvalue weighted by atomic mass is 35.5. The summed E-state index contributed by atoms with van der Waals surface area (Å²) in [5.74, 6) is -1.97. The fourth-order valence-corrected chi connectivity index (χ4v) is 2.02. The van der Waals surface area contributed by atoms with Gasteiger partial charge in [-0.15, -0.1) is 0 Å². The van der Waals surface area contributed by atoms with Crippen molar-refractivity contribution < 1.29 is 19.4 Å². The van der Waals surface area contributed by atoms with Crippen LogP contribution >= 0.6 is 23.2 Å². The van der Waals surface area contributed by atoms with E-state index >= 15 is 0 Å². The van der Waals surface area contributed by atoms with Crippen LogP contribution in [0.3, 0.4) is 0 Å². The van der Waals surface area contributed by atoms with E-state index in [0.717, 1.165) is 6.07 Å². The zero-order valence-corrected chi connectivity index (χ0v) is 11.3. The topological polar surface area (TPSA) is 69.6 Å². The van der Waals surface area contributed by atoms with Crippen LogP contribution in [0.1, 0.15) is 10.4 Å². The molecule has 104 valence electrons. The quantitative estimate of drug-likeness (QED) is 0.583. The molecule has 0 aliphatic carbocycles. The van der Waals surface area contributed by atoms with Gasteiger partial charge in [-0.05, 0) is 30.3 Å². The van der Waals surface area contributed by atoms with Gasteiger partial charge in [0.25, 0.3) is 5.91 Å². The molecule has 0 aliphatic rings. The maximum absolute atomic E-state index is 13.2. The van der Waals surface area contributed by atoms with Gasteiger partial charge in [0.05, 0.1) is 15.6 Å². The zero-order chi connectivity index (χ0) is 14.9. The molecule has 0 spiro atoms. The van der Waals surface area contributed by atoms with Crippen molar-refractivity contribution in [2.45, 2.75) is 0 Å². The molecule has 4 nitrogen and oxygen atoms in total. The van der Waals surface area contributed by atoms with E-state index in [9.17, 15) is 19.4 Å². The Kier molecular flexibility index (Phi) is 4.01. The molecule has 2 aromatic carbocycles. The number of phenolic OH excluding ortho intramolecular Hbond substituents is 2. The smallest absolute Gasteiger partial charge is 0.259 e. The van der Waals surface area contributed by atoms with Crippen molar-refractivity contribution in [3.63, 3.8) is 0 Å². The monoisotopic (exact) mass is 315 g/mol. The Morgan fingerprint density at radius 1 is 1.10 bits per heavy atom. The van der Waals surface area contributed by atoms with E-state index in [0.29, 0.717) is 0 Å². The number of anilines is 1. The van der Waals surface area contributed by atoms with Crippen molar-refractivity contribution in [2.24, 2.45) is 0 Å². The molecule has 20 heavy (non-hydrogen) atoms. The van der Waals surface area contributed by atoms with Gasteiger partial charge in [0.15, 0.2) is 5.82 Å². The van der Waals surface area contributed by atoms with Crippen molar-refractivity contribution in [2.75, 3.05) is 5.32 Å². The highest BCUT2D eigenvalue weighted by Crippen LogP contribution is 2.28. The van der Waals surface area contributed by atoms with Crippen molar-refractivity contribution in [1.29, 1.82) is 0 Å². The van der Waals surface area contributed by atoms with Gasteiger partial charge < -0.3 is 15.5 Å². The Morgan fingerprint density at radius 2 is 1.70 bits per heavy atom. The molecule has 0 heterocycles. The van der Waals surface area contributed by atoms with Gasteiger partial charge in [-0.3, -0.25) is 4.79 Å². The lowest BCUT2D eigenvalue weighted by Crippen LogP contribution is -2.12. The van der Waals surface area contributed by atoms with Crippen molar-refractivity contribution in [1.82, 2.24) is 0 Å².